The fourth-order valence-electron chi connectivity index (χ4n) is 4.64. The Morgan fingerprint density at radius 2 is 1.37 bits per heavy atom. The summed E-state index contributed by atoms with van der Waals surface area (Å²) in [6.07, 6.45) is 1.83. The largest absolute Gasteiger partial charge is 0.632 e. The predicted octanol–water partition coefficient (Wildman–Crippen LogP) is 6.14. The first-order valence-electron chi connectivity index (χ1n) is 11.5. The molecule has 166 valence electrons. The van der Waals surface area contributed by atoms with E-state index in [1.807, 2.05) is 79.0 Å². The Balaban J connectivity index is 1.22. The number of hydrogen-bond donors (Lipinski definition) is 0. The molecule has 0 saturated heterocycles. The lowest BCUT2D eigenvalue weighted by atomic mass is 9.79. The van der Waals surface area contributed by atoms with Crippen LogP contribution in [0.5, 0.6) is 23.0 Å². The molecule has 35 heavy (non-hydrogen) atoms. The maximum absolute atomic E-state index is 6.27. The lowest BCUT2D eigenvalue weighted by molar-refractivity contribution is 0.481. The van der Waals surface area contributed by atoms with Crippen LogP contribution in [0.1, 0.15) is 0 Å². The van der Waals surface area contributed by atoms with E-state index in [9.17, 15) is 0 Å². The number of hydrogen-bond acceptors (Lipinski definition) is 4. The minimum Gasteiger partial charge on any atom is -0.519 e. The topological polar surface area (TPSA) is 45.5 Å². The number of ether oxygens (including phenoxy) is 1. The van der Waals surface area contributed by atoms with Crippen molar-refractivity contribution in [3.8, 4) is 28.7 Å². The average Bonchev–Trinajstić information content (AvgIpc) is 3.49. The van der Waals surface area contributed by atoms with Gasteiger partial charge in [-0.25, -0.2) is 4.98 Å². The summed E-state index contributed by atoms with van der Waals surface area (Å²) in [6, 6.07) is 36.0. The molecule has 0 N–H and O–H groups in total. The Morgan fingerprint density at radius 3 is 2.23 bits per heavy atom. The molecule has 0 radical (unpaired) electrons. The van der Waals surface area contributed by atoms with E-state index >= 15 is 0 Å². The third kappa shape index (κ3) is 3.39. The van der Waals surface area contributed by atoms with Crippen LogP contribution in [0.15, 0.2) is 115 Å². The molecule has 5 nitrogen and oxygen atoms in total. The van der Waals surface area contributed by atoms with Crippen LogP contribution >= 0.6 is 0 Å². The van der Waals surface area contributed by atoms with Gasteiger partial charge in [0.1, 0.15) is 28.6 Å². The summed E-state index contributed by atoms with van der Waals surface area (Å²) in [4.78, 5) is 4.68. The number of para-hydroxylation sites is 3. The first kappa shape index (κ1) is 19.7. The Labute approximate surface area is 202 Å². The molecule has 6 heteroatoms. The van der Waals surface area contributed by atoms with Crippen LogP contribution in [0.3, 0.4) is 0 Å². The van der Waals surface area contributed by atoms with Crippen LogP contribution in [0.4, 0.5) is 0 Å². The number of rotatable bonds is 4. The maximum Gasteiger partial charge on any atom is 0.632 e. The van der Waals surface area contributed by atoms with E-state index in [1.165, 1.54) is 5.39 Å². The van der Waals surface area contributed by atoms with Gasteiger partial charge in [0.15, 0.2) is 0 Å². The number of fused-ring (bicyclic) bond motifs is 4. The van der Waals surface area contributed by atoms with Crippen LogP contribution in [0.25, 0.3) is 27.6 Å². The average molecular weight is 454 g/mol. The molecule has 0 spiro atoms. The van der Waals surface area contributed by atoms with Crippen molar-refractivity contribution in [3.63, 3.8) is 0 Å². The van der Waals surface area contributed by atoms with Gasteiger partial charge in [0, 0.05) is 28.5 Å². The molecule has 0 atom stereocenters. The summed E-state index contributed by atoms with van der Waals surface area (Å²) < 4.78 is 20.4. The second kappa shape index (κ2) is 7.96. The highest BCUT2D eigenvalue weighted by atomic mass is 16.6. The summed E-state index contributed by atoms with van der Waals surface area (Å²) in [7, 11) is -0.494. The fourth-order valence-corrected chi connectivity index (χ4v) is 4.64. The molecule has 0 fully saturated rings. The number of nitrogens with zero attached hydrogens (tertiary/aromatic N) is 2. The van der Waals surface area contributed by atoms with Crippen molar-refractivity contribution in [1.29, 1.82) is 0 Å². The highest BCUT2D eigenvalue weighted by molar-refractivity contribution is 6.63. The highest BCUT2D eigenvalue weighted by Crippen LogP contribution is 2.34. The van der Waals surface area contributed by atoms with E-state index in [0.29, 0.717) is 5.75 Å². The van der Waals surface area contributed by atoms with Crippen molar-refractivity contribution < 1.29 is 14.0 Å². The van der Waals surface area contributed by atoms with Crippen LogP contribution in [-0.2, 0) is 0 Å². The molecule has 1 aliphatic rings. The van der Waals surface area contributed by atoms with Crippen molar-refractivity contribution in [1.82, 2.24) is 9.55 Å². The zero-order valence-corrected chi connectivity index (χ0v) is 18.7. The van der Waals surface area contributed by atoms with Crippen LogP contribution in [-0.4, -0.2) is 16.7 Å². The lowest BCUT2D eigenvalue weighted by Gasteiger charge is -2.12. The van der Waals surface area contributed by atoms with Crippen LogP contribution in [0.2, 0.25) is 0 Å². The maximum atomic E-state index is 6.27. The fraction of sp³-hybridized carbons (Fsp3) is 0. The molecule has 0 saturated carbocycles. The molecule has 0 aliphatic carbocycles. The molecular formula is C29H19BN2O3. The molecule has 0 unspecified atom stereocenters. The third-order valence-electron chi connectivity index (χ3n) is 6.19. The van der Waals surface area contributed by atoms with Crippen molar-refractivity contribution in [2.45, 2.75) is 0 Å². The summed E-state index contributed by atoms with van der Waals surface area (Å²) in [5.74, 6) is 2.94. The molecule has 6 aromatic rings. The van der Waals surface area contributed by atoms with Gasteiger partial charge in [-0.2, -0.15) is 0 Å². The highest BCUT2D eigenvalue weighted by Gasteiger charge is 2.34. The molecule has 0 amide bonds. The molecular weight excluding hydrogens is 435 g/mol. The summed E-state index contributed by atoms with van der Waals surface area (Å²) in [5.41, 5.74) is 3.90. The van der Waals surface area contributed by atoms with E-state index in [2.05, 4.69) is 45.9 Å². The molecule has 2 aromatic heterocycles. The van der Waals surface area contributed by atoms with Crippen LogP contribution < -0.4 is 19.5 Å². The summed E-state index contributed by atoms with van der Waals surface area (Å²) in [6.45, 7) is 0. The first-order valence-corrected chi connectivity index (χ1v) is 11.5. The quantitative estimate of drug-likeness (QED) is 0.301. The Bertz CT molecular complexity index is 1630. The monoisotopic (exact) mass is 454 g/mol. The normalized spacial score (nSPS) is 12.4. The van der Waals surface area contributed by atoms with Gasteiger partial charge in [0.25, 0.3) is 0 Å². The second-order valence-corrected chi connectivity index (χ2v) is 8.41. The summed E-state index contributed by atoms with van der Waals surface area (Å²) in [5, 5.41) is 2.30. The molecule has 0 bridgehead atoms. The Kier molecular flexibility index (Phi) is 4.49. The van der Waals surface area contributed by atoms with Gasteiger partial charge in [-0.05, 0) is 54.6 Å². The van der Waals surface area contributed by atoms with E-state index in [-0.39, 0.29) is 0 Å². The SMILES string of the molecule is c1cc(Oc2cccc(-n3c4ccccc4c4cccnc43)c2)cc(B2Oc3ccccc3O2)c1. The Morgan fingerprint density at radius 1 is 0.657 bits per heavy atom. The van der Waals surface area contributed by atoms with Gasteiger partial charge in [-0.3, -0.25) is 4.57 Å². The Hall–Kier alpha value is -4.71. The number of benzene rings is 4. The first-order chi connectivity index (χ1) is 17.3. The van der Waals surface area contributed by atoms with Crippen molar-refractivity contribution >= 4 is 34.5 Å². The van der Waals surface area contributed by atoms with Gasteiger partial charge < -0.3 is 14.0 Å². The minimum absolute atomic E-state index is 0.494. The zero-order valence-electron chi connectivity index (χ0n) is 18.7. The van der Waals surface area contributed by atoms with E-state index < -0.39 is 7.12 Å². The van der Waals surface area contributed by atoms with E-state index in [0.717, 1.165) is 44.9 Å². The lowest BCUT2D eigenvalue weighted by Crippen LogP contribution is -2.38. The number of pyridine rings is 1. The molecule has 7 rings (SSSR count). The summed E-state index contributed by atoms with van der Waals surface area (Å²) >= 11 is 0. The smallest absolute Gasteiger partial charge is 0.519 e. The third-order valence-corrected chi connectivity index (χ3v) is 6.19. The van der Waals surface area contributed by atoms with Gasteiger partial charge in [0.2, 0.25) is 0 Å². The van der Waals surface area contributed by atoms with Crippen LogP contribution in [0, 0.1) is 0 Å². The van der Waals surface area contributed by atoms with Gasteiger partial charge in [-0.15, -0.1) is 0 Å². The van der Waals surface area contributed by atoms with Crippen molar-refractivity contribution in [2.75, 3.05) is 0 Å². The predicted molar refractivity (Wildman–Crippen MR) is 138 cm³/mol. The standard InChI is InChI=1S/C29H19BN2O3/c1-2-14-26-24(12-1)25-13-7-17-31-29(25)32(26)21-9-6-11-23(19-21)33-22-10-5-8-20(18-22)30-34-27-15-3-4-16-28(27)35-30/h1-19H. The van der Waals surface area contributed by atoms with Crippen molar-refractivity contribution in [3.05, 3.63) is 115 Å². The van der Waals surface area contributed by atoms with Gasteiger partial charge in [0.05, 0.1) is 11.2 Å². The molecule has 1 aliphatic heterocycles. The van der Waals surface area contributed by atoms with Gasteiger partial charge in [-0.1, -0.05) is 48.5 Å². The zero-order chi connectivity index (χ0) is 23.2. The number of aromatic nitrogens is 2. The van der Waals surface area contributed by atoms with Crippen molar-refractivity contribution in [2.24, 2.45) is 0 Å². The van der Waals surface area contributed by atoms with Gasteiger partial charge >= 0.3 is 7.12 Å². The molecule has 3 heterocycles. The van der Waals surface area contributed by atoms with E-state index in [1.54, 1.807) is 0 Å². The molecule has 4 aromatic carbocycles. The second-order valence-electron chi connectivity index (χ2n) is 8.41. The van der Waals surface area contributed by atoms with E-state index in [4.69, 9.17) is 14.0 Å². The minimum atomic E-state index is -0.494.